The molecule has 0 amide bonds. The smallest absolute Gasteiger partial charge is 0.0693 e. The van der Waals surface area contributed by atoms with Gasteiger partial charge in [-0.05, 0) is 42.7 Å². The lowest BCUT2D eigenvalue weighted by atomic mass is 10.2. The molecule has 1 aliphatic rings. The van der Waals surface area contributed by atoms with E-state index in [-0.39, 0.29) is 6.10 Å². The summed E-state index contributed by atoms with van der Waals surface area (Å²) in [5, 5.41) is 15.3. The van der Waals surface area contributed by atoms with E-state index in [0.29, 0.717) is 6.04 Å². The van der Waals surface area contributed by atoms with Crippen LogP contribution in [0.2, 0.25) is 0 Å². The molecule has 0 bridgehead atoms. The molecule has 1 saturated carbocycles. The Morgan fingerprint density at radius 1 is 1.53 bits per heavy atom. The molecule has 2 rings (SSSR count). The van der Waals surface area contributed by atoms with Gasteiger partial charge in [0, 0.05) is 17.5 Å². The third kappa shape index (κ3) is 2.60. The molecule has 0 aromatic carbocycles. The lowest BCUT2D eigenvalue weighted by molar-refractivity contribution is 0.148. The van der Waals surface area contributed by atoms with Crippen LogP contribution in [-0.4, -0.2) is 17.3 Å². The SMILES string of the molecule is CCc1ccsc1CNC1CCCC1O. The van der Waals surface area contributed by atoms with Crippen LogP contribution in [0.15, 0.2) is 11.4 Å². The Hall–Kier alpha value is -0.380. The summed E-state index contributed by atoms with van der Waals surface area (Å²) >= 11 is 1.81. The molecule has 1 aliphatic carbocycles. The van der Waals surface area contributed by atoms with Gasteiger partial charge in [-0.1, -0.05) is 6.92 Å². The van der Waals surface area contributed by atoms with Gasteiger partial charge in [0.1, 0.15) is 0 Å². The standard InChI is InChI=1S/C12H19NOS/c1-2-9-6-7-15-12(9)8-13-10-4-3-5-11(10)14/h6-7,10-11,13-14H,2-5,8H2,1H3. The van der Waals surface area contributed by atoms with Gasteiger partial charge in [-0.25, -0.2) is 0 Å². The van der Waals surface area contributed by atoms with E-state index in [4.69, 9.17) is 0 Å². The van der Waals surface area contributed by atoms with Gasteiger partial charge in [-0.2, -0.15) is 0 Å². The van der Waals surface area contributed by atoms with Gasteiger partial charge in [-0.15, -0.1) is 11.3 Å². The van der Waals surface area contributed by atoms with Gasteiger partial charge >= 0.3 is 0 Å². The summed E-state index contributed by atoms with van der Waals surface area (Å²) in [6, 6.07) is 2.52. The molecule has 2 N–H and O–H groups in total. The molecular weight excluding hydrogens is 206 g/mol. The van der Waals surface area contributed by atoms with Crippen LogP contribution in [0.1, 0.15) is 36.6 Å². The van der Waals surface area contributed by atoms with Crippen LogP contribution in [-0.2, 0) is 13.0 Å². The minimum Gasteiger partial charge on any atom is -0.392 e. The van der Waals surface area contributed by atoms with Gasteiger partial charge in [-0.3, -0.25) is 0 Å². The first kappa shape index (κ1) is 11.1. The summed E-state index contributed by atoms with van der Waals surface area (Å²) in [4.78, 5) is 1.43. The van der Waals surface area contributed by atoms with Crippen molar-refractivity contribution >= 4 is 11.3 Å². The fourth-order valence-electron chi connectivity index (χ4n) is 2.24. The number of thiophene rings is 1. The highest BCUT2D eigenvalue weighted by Gasteiger charge is 2.24. The molecule has 1 heterocycles. The van der Waals surface area contributed by atoms with Crippen molar-refractivity contribution in [3.05, 3.63) is 21.9 Å². The van der Waals surface area contributed by atoms with E-state index in [1.54, 1.807) is 0 Å². The van der Waals surface area contributed by atoms with E-state index >= 15 is 0 Å². The zero-order valence-electron chi connectivity index (χ0n) is 9.20. The average Bonchev–Trinajstić information content (AvgIpc) is 2.83. The van der Waals surface area contributed by atoms with Gasteiger partial charge in [0.25, 0.3) is 0 Å². The summed E-state index contributed by atoms with van der Waals surface area (Å²) in [6.07, 6.45) is 4.21. The first-order chi connectivity index (χ1) is 7.31. The number of aliphatic hydroxyl groups is 1. The highest BCUT2D eigenvalue weighted by molar-refractivity contribution is 7.10. The van der Waals surface area contributed by atoms with Crippen LogP contribution in [0.4, 0.5) is 0 Å². The van der Waals surface area contributed by atoms with Crippen LogP contribution in [0.5, 0.6) is 0 Å². The second kappa shape index (κ2) is 5.10. The van der Waals surface area contributed by atoms with E-state index < -0.39 is 0 Å². The zero-order valence-corrected chi connectivity index (χ0v) is 10.0. The van der Waals surface area contributed by atoms with Crippen LogP contribution in [0, 0.1) is 0 Å². The van der Waals surface area contributed by atoms with E-state index in [1.165, 1.54) is 10.4 Å². The number of nitrogens with one attached hydrogen (secondary N) is 1. The Morgan fingerprint density at radius 2 is 2.40 bits per heavy atom. The molecule has 1 fully saturated rings. The predicted molar refractivity (Wildman–Crippen MR) is 64.2 cm³/mol. The van der Waals surface area contributed by atoms with Gasteiger partial charge in [0.05, 0.1) is 6.10 Å². The molecular formula is C12H19NOS. The number of hydrogen-bond donors (Lipinski definition) is 2. The molecule has 1 aromatic heterocycles. The van der Waals surface area contributed by atoms with Crippen LogP contribution in [0.3, 0.4) is 0 Å². The van der Waals surface area contributed by atoms with E-state index in [0.717, 1.165) is 32.2 Å². The van der Waals surface area contributed by atoms with Crippen LogP contribution < -0.4 is 5.32 Å². The molecule has 15 heavy (non-hydrogen) atoms. The lowest BCUT2D eigenvalue weighted by Gasteiger charge is -2.16. The van der Waals surface area contributed by atoms with Gasteiger partial charge in [0.2, 0.25) is 0 Å². The number of rotatable bonds is 4. The Balaban J connectivity index is 1.87. The Labute approximate surface area is 95.3 Å². The third-order valence-electron chi connectivity index (χ3n) is 3.22. The largest absolute Gasteiger partial charge is 0.392 e. The van der Waals surface area contributed by atoms with Crippen molar-refractivity contribution in [2.24, 2.45) is 0 Å². The molecule has 2 nitrogen and oxygen atoms in total. The van der Waals surface area contributed by atoms with Crippen molar-refractivity contribution in [1.29, 1.82) is 0 Å². The maximum Gasteiger partial charge on any atom is 0.0693 e. The van der Waals surface area contributed by atoms with Crippen molar-refractivity contribution in [3.8, 4) is 0 Å². The Bertz CT molecular complexity index is 310. The van der Waals surface area contributed by atoms with Gasteiger partial charge in [0.15, 0.2) is 0 Å². The van der Waals surface area contributed by atoms with Crippen molar-refractivity contribution in [2.45, 2.75) is 51.3 Å². The summed E-state index contributed by atoms with van der Waals surface area (Å²) in [5.41, 5.74) is 1.44. The number of aliphatic hydroxyl groups excluding tert-OH is 1. The highest BCUT2D eigenvalue weighted by atomic mass is 32.1. The van der Waals surface area contributed by atoms with E-state index in [9.17, 15) is 5.11 Å². The molecule has 0 radical (unpaired) electrons. The zero-order chi connectivity index (χ0) is 10.7. The molecule has 2 atom stereocenters. The normalized spacial score (nSPS) is 26.0. The number of hydrogen-bond acceptors (Lipinski definition) is 3. The van der Waals surface area contributed by atoms with Crippen molar-refractivity contribution in [1.82, 2.24) is 5.32 Å². The molecule has 84 valence electrons. The summed E-state index contributed by atoms with van der Waals surface area (Å²) in [6.45, 7) is 3.11. The lowest BCUT2D eigenvalue weighted by Crippen LogP contribution is -2.34. The minimum atomic E-state index is -0.130. The maximum absolute atomic E-state index is 9.68. The van der Waals surface area contributed by atoms with Crippen molar-refractivity contribution in [2.75, 3.05) is 0 Å². The fraction of sp³-hybridized carbons (Fsp3) is 0.667. The third-order valence-corrected chi connectivity index (χ3v) is 4.19. The molecule has 3 heteroatoms. The Kier molecular flexibility index (Phi) is 3.78. The average molecular weight is 225 g/mol. The predicted octanol–water partition coefficient (Wildman–Crippen LogP) is 2.31. The number of aryl methyl sites for hydroxylation is 1. The van der Waals surface area contributed by atoms with E-state index in [2.05, 4.69) is 23.7 Å². The topological polar surface area (TPSA) is 32.3 Å². The van der Waals surface area contributed by atoms with Crippen molar-refractivity contribution < 1.29 is 5.11 Å². The van der Waals surface area contributed by atoms with Crippen molar-refractivity contribution in [3.63, 3.8) is 0 Å². The van der Waals surface area contributed by atoms with Gasteiger partial charge < -0.3 is 10.4 Å². The van der Waals surface area contributed by atoms with Crippen LogP contribution >= 0.6 is 11.3 Å². The summed E-state index contributed by atoms with van der Waals surface area (Å²) in [7, 11) is 0. The quantitative estimate of drug-likeness (QED) is 0.824. The first-order valence-electron chi connectivity index (χ1n) is 5.78. The van der Waals surface area contributed by atoms with E-state index in [1.807, 2.05) is 11.3 Å². The molecule has 0 saturated heterocycles. The Morgan fingerprint density at radius 3 is 3.07 bits per heavy atom. The minimum absolute atomic E-state index is 0.130. The highest BCUT2D eigenvalue weighted by Crippen LogP contribution is 2.21. The summed E-state index contributed by atoms with van der Waals surface area (Å²) < 4.78 is 0. The molecule has 1 aromatic rings. The fourth-order valence-corrected chi connectivity index (χ4v) is 3.17. The maximum atomic E-state index is 9.68. The summed E-state index contributed by atoms with van der Waals surface area (Å²) in [5.74, 6) is 0. The monoisotopic (exact) mass is 225 g/mol. The first-order valence-corrected chi connectivity index (χ1v) is 6.66. The second-order valence-corrected chi connectivity index (χ2v) is 5.21. The second-order valence-electron chi connectivity index (χ2n) is 4.21. The molecule has 2 unspecified atom stereocenters. The molecule has 0 spiro atoms. The van der Waals surface area contributed by atoms with Crippen LogP contribution in [0.25, 0.3) is 0 Å². The molecule has 0 aliphatic heterocycles.